The SMILES string of the molecule is O=C(NCCOCCO)C(=O)Nc1ccccc1Br. The molecule has 1 aromatic carbocycles. The van der Waals surface area contributed by atoms with Crippen molar-refractivity contribution in [2.75, 3.05) is 31.7 Å². The summed E-state index contributed by atoms with van der Waals surface area (Å²) < 4.78 is 5.64. The summed E-state index contributed by atoms with van der Waals surface area (Å²) >= 11 is 3.26. The lowest BCUT2D eigenvalue weighted by atomic mass is 10.3. The number of anilines is 1. The molecular formula is C12H15BrN2O4. The van der Waals surface area contributed by atoms with Gasteiger partial charge in [-0.25, -0.2) is 0 Å². The molecule has 7 heteroatoms. The Morgan fingerprint density at radius 2 is 1.95 bits per heavy atom. The van der Waals surface area contributed by atoms with E-state index in [4.69, 9.17) is 9.84 Å². The zero-order chi connectivity index (χ0) is 14.1. The highest BCUT2D eigenvalue weighted by molar-refractivity contribution is 9.10. The number of hydrogen-bond donors (Lipinski definition) is 3. The maximum absolute atomic E-state index is 11.6. The number of aliphatic hydroxyl groups is 1. The van der Waals surface area contributed by atoms with Crippen LogP contribution in [0.3, 0.4) is 0 Å². The summed E-state index contributed by atoms with van der Waals surface area (Å²) in [7, 11) is 0. The maximum atomic E-state index is 11.6. The lowest BCUT2D eigenvalue weighted by molar-refractivity contribution is -0.136. The molecule has 0 fully saturated rings. The zero-order valence-corrected chi connectivity index (χ0v) is 11.8. The summed E-state index contributed by atoms with van der Waals surface area (Å²) in [6.07, 6.45) is 0. The molecule has 0 aliphatic rings. The second-order valence-electron chi connectivity index (χ2n) is 3.53. The van der Waals surface area contributed by atoms with Crippen molar-refractivity contribution < 1.29 is 19.4 Å². The Morgan fingerprint density at radius 3 is 2.63 bits per heavy atom. The molecule has 0 aromatic heterocycles. The quantitative estimate of drug-likeness (QED) is 0.524. The van der Waals surface area contributed by atoms with E-state index in [9.17, 15) is 9.59 Å². The van der Waals surface area contributed by atoms with Crippen molar-refractivity contribution >= 4 is 33.4 Å². The van der Waals surface area contributed by atoms with Gasteiger partial charge in [-0.05, 0) is 28.1 Å². The third-order valence-electron chi connectivity index (χ3n) is 2.10. The number of ether oxygens (including phenoxy) is 1. The molecule has 0 spiro atoms. The first-order chi connectivity index (χ1) is 9.15. The Morgan fingerprint density at radius 1 is 1.21 bits per heavy atom. The number of para-hydroxylation sites is 1. The average Bonchev–Trinajstić information content (AvgIpc) is 2.41. The Kier molecular flexibility index (Phi) is 7.09. The molecule has 1 aromatic rings. The minimum Gasteiger partial charge on any atom is -0.394 e. The van der Waals surface area contributed by atoms with Crippen molar-refractivity contribution in [2.24, 2.45) is 0 Å². The van der Waals surface area contributed by atoms with Crippen LogP contribution in [0.5, 0.6) is 0 Å². The molecule has 0 bridgehead atoms. The fourth-order valence-electron chi connectivity index (χ4n) is 1.23. The third kappa shape index (κ3) is 5.82. The molecule has 104 valence electrons. The summed E-state index contributed by atoms with van der Waals surface area (Å²) in [4.78, 5) is 23.0. The van der Waals surface area contributed by atoms with Crippen molar-refractivity contribution in [1.82, 2.24) is 5.32 Å². The molecule has 0 heterocycles. The van der Waals surface area contributed by atoms with E-state index in [1.165, 1.54) is 0 Å². The van der Waals surface area contributed by atoms with Gasteiger partial charge in [0.05, 0.1) is 25.5 Å². The van der Waals surface area contributed by atoms with Crippen molar-refractivity contribution in [3.8, 4) is 0 Å². The number of carbonyl (C=O) groups excluding carboxylic acids is 2. The summed E-state index contributed by atoms with van der Waals surface area (Å²) in [6, 6.07) is 7.00. The molecule has 0 aliphatic carbocycles. The highest BCUT2D eigenvalue weighted by Crippen LogP contribution is 2.20. The van der Waals surface area contributed by atoms with E-state index < -0.39 is 11.8 Å². The number of aliphatic hydroxyl groups excluding tert-OH is 1. The minimum atomic E-state index is -0.742. The Hall–Kier alpha value is -1.44. The second kappa shape index (κ2) is 8.63. The molecule has 2 amide bonds. The van der Waals surface area contributed by atoms with E-state index in [1.54, 1.807) is 24.3 Å². The standard InChI is InChI=1S/C12H15BrN2O4/c13-9-3-1-2-4-10(9)15-12(18)11(17)14-5-7-19-8-6-16/h1-4,16H,5-8H2,(H,14,17)(H,15,18). The first-order valence-corrected chi connectivity index (χ1v) is 6.46. The van der Waals surface area contributed by atoms with Gasteiger partial charge in [-0.3, -0.25) is 9.59 Å². The number of carbonyl (C=O) groups is 2. The van der Waals surface area contributed by atoms with Gasteiger partial charge < -0.3 is 20.5 Å². The molecule has 6 nitrogen and oxygen atoms in total. The van der Waals surface area contributed by atoms with Crippen LogP contribution in [0.1, 0.15) is 0 Å². The highest BCUT2D eigenvalue weighted by atomic mass is 79.9. The first-order valence-electron chi connectivity index (χ1n) is 5.67. The van der Waals surface area contributed by atoms with E-state index in [0.717, 1.165) is 0 Å². The van der Waals surface area contributed by atoms with Gasteiger partial charge in [0.15, 0.2) is 0 Å². The molecule has 0 unspecified atom stereocenters. The van der Waals surface area contributed by atoms with Gasteiger partial charge in [-0.1, -0.05) is 12.1 Å². The lowest BCUT2D eigenvalue weighted by Crippen LogP contribution is -2.37. The van der Waals surface area contributed by atoms with Crippen LogP contribution in [0.2, 0.25) is 0 Å². The zero-order valence-electron chi connectivity index (χ0n) is 10.2. The van der Waals surface area contributed by atoms with Crippen molar-refractivity contribution in [2.45, 2.75) is 0 Å². The van der Waals surface area contributed by atoms with Crippen LogP contribution in [0, 0.1) is 0 Å². The van der Waals surface area contributed by atoms with Crippen molar-refractivity contribution in [3.63, 3.8) is 0 Å². The molecule has 0 atom stereocenters. The smallest absolute Gasteiger partial charge is 0.313 e. The van der Waals surface area contributed by atoms with Gasteiger partial charge in [-0.2, -0.15) is 0 Å². The van der Waals surface area contributed by atoms with E-state index >= 15 is 0 Å². The van der Waals surface area contributed by atoms with Gasteiger partial charge in [0.2, 0.25) is 0 Å². The molecule has 0 saturated carbocycles. The van der Waals surface area contributed by atoms with Crippen molar-refractivity contribution in [1.29, 1.82) is 0 Å². The van der Waals surface area contributed by atoms with E-state index in [1.807, 2.05) is 0 Å². The highest BCUT2D eigenvalue weighted by Gasteiger charge is 2.13. The number of nitrogens with one attached hydrogen (secondary N) is 2. The van der Waals surface area contributed by atoms with Crippen LogP contribution >= 0.6 is 15.9 Å². The van der Waals surface area contributed by atoms with Gasteiger partial charge in [-0.15, -0.1) is 0 Å². The first kappa shape index (κ1) is 15.6. The molecule has 19 heavy (non-hydrogen) atoms. The largest absolute Gasteiger partial charge is 0.394 e. The molecule has 0 saturated heterocycles. The Balaban J connectivity index is 2.33. The molecule has 0 aliphatic heterocycles. The Labute approximate surface area is 119 Å². The fraction of sp³-hybridized carbons (Fsp3) is 0.333. The van der Waals surface area contributed by atoms with E-state index in [-0.39, 0.29) is 26.4 Å². The van der Waals surface area contributed by atoms with Crippen LogP contribution in [0.15, 0.2) is 28.7 Å². The summed E-state index contributed by atoms with van der Waals surface area (Å²) in [5, 5.41) is 13.4. The van der Waals surface area contributed by atoms with Gasteiger partial charge in [0, 0.05) is 11.0 Å². The number of hydrogen-bond acceptors (Lipinski definition) is 4. The monoisotopic (exact) mass is 330 g/mol. The van der Waals surface area contributed by atoms with E-state index in [2.05, 4.69) is 26.6 Å². The summed E-state index contributed by atoms with van der Waals surface area (Å²) in [5.74, 6) is -1.47. The maximum Gasteiger partial charge on any atom is 0.313 e. The fourth-order valence-corrected chi connectivity index (χ4v) is 1.61. The predicted molar refractivity (Wildman–Crippen MR) is 73.7 cm³/mol. The minimum absolute atomic E-state index is 0.0729. The van der Waals surface area contributed by atoms with Gasteiger partial charge in [0.25, 0.3) is 0 Å². The predicted octanol–water partition coefficient (Wildman–Crippen LogP) is 0.513. The van der Waals surface area contributed by atoms with Crippen LogP contribution in [-0.2, 0) is 14.3 Å². The lowest BCUT2D eigenvalue weighted by Gasteiger charge is -2.08. The van der Waals surface area contributed by atoms with E-state index in [0.29, 0.717) is 10.2 Å². The number of amides is 2. The topological polar surface area (TPSA) is 87.7 Å². The molecular weight excluding hydrogens is 316 g/mol. The van der Waals surface area contributed by atoms with Crippen LogP contribution < -0.4 is 10.6 Å². The van der Waals surface area contributed by atoms with Gasteiger partial charge >= 0.3 is 11.8 Å². The van der Waals surface area contributed by atoms with Crippen LogP contribution in [0.4, 0.5) is 5.69 Å². The number of benzene rings is 1. The Bertz CT molecular complexity index is 439. The van der Waals surface area contributed by atoms with Crippen LogP contribution in [0.25, 0.3) is 0 Å². The third-order valence-corrected chi connectivity index (χ3v) is 2.79. The average molecular weight is 331 g/mol. The molecule has 0 radical (unpaired) electrons. The van der Waals surface area contributed by atoms with Gasteiger partial charge in [0.1, 0.15) is 0 Å². The number of halogens is 1. The number of rotatable bonds is 6. The normalized spacial score (nSPS) is 10.0. The van der Waals surface area contributed by atoms with Crippen molar-refractivity contribution in [3.05, 3.63) is 28.7 Å². The summed E-state index contributed by atoms with van der Waals surface area (Å²) in [6.45, 7) is 0.590. The second-order valence-corrected chi connectivity index (χ2v) is 4.38. The molecule has 1 rings (SSSR count). The van der Waals surface area contributed by atoms with Crippen LogP contribution in [-0.4, -0.2) is 43.3 Å². The molecule has 3 N–H and O–H groups in total. The summed E-state index contributed by atoms with van der Waals surface area (Å²) in [5.41, 5.74) is 0.527.